The second-order valence-electron chi connectivity index (χ2n) is 22.5. The number of unbranched alkanes of at least 4 members (excludes halogenated alkanes) is 20. The van der Waals surface area contributed by atoms with Crippen LogP contribution in [-0.2, 0) is 33.2 Å². The molecular formula is C64H111NO18. The summed E-state index contributed by atoms with van der Waals surface area (Å²) in [6, 6.07) is -0.983. The zero-order valence-electron chi connectivity index (χ0n) is 50.1. The number of hydrogen-bond donors (Lipinski definition) is 12. The summed E-state index contributed by atoms with van der Waals surface area (Å²) >= 11 is 0. The van der Waals surface area contributed by atoms with Gasteiger partial charge in [-0.05, 0) is 64.2 Å². The lowest BCUT2D eigenvalue weighted by molar-refractivity contribution is -0.379. The van der Waals surface area contributed by atoms with Gasteiger partial charge >= 0.3 is 0 Å². The Balaban J connectivity index is 1.48. The van der Waals surface area contributed by atoms with Gasteiger partial charge in [-0.15, -0.1) is 0 Å². The van der Waals surface area contributed by atoms with Crippen molar-refractivity contribution in [2.75, 3.05) is 26.4 Å². The molecule has 3 fully saturated rings. The summed E-state index contributed by atoms with van der Waals surface area (Å²) < 4.78 is 34.3. The van der Waals surface area contributed by atoms with E-state index in [-0.39, 0.29) is 18.9 Å². The highest BCUT2D eigenvalue weighted by atomic mass is 16.8. The van der Waals surface area contributed by atoms with Crippen LogP contribution in [0.15, 0.2) is 72.9 Å². The van der Waals surface area contributed by atoms with Crippen molar-refractivity contribution in [1.29, 1.82) is 0 Å². The van der Waals surface area contributed by atoms with Gasteiger partial charge in [0.05, 0.1) is 38.6 Å². The molecule has 0 aromatic rings. The van der Waals surface area contributed by atoms with Crippen molar-refractivity contribution in [1.82, 2.24) is 5.32 Å². The molecule has 17 unspecified atom stereocenters. The molecule has 480 valence electrons. The number of carbonyl (C=O) groups excluding carboxylic acids is 1. The maximum Gasteiger partial charge on any atom is 0.220 e. The molecule has 3 saturated heterocycles. The van der Waals surface area contributed by atoms with Crippen LogP contribution in [-0.4, -0.2) is 193 Å². The highest BCUT2D eigenvalue weighted by molar-refractivity contribution is 5.76. The smallest absolute Gasteiger partial charge is 0.220 e. The number of aliphatic hydroxyl groups is 11. The van der Waals surface area contributed by atoms with Crippen LogP contribution in [0.3, 0.4) is 0 Å². The van der Waals surface area contributed by atoms with Gasteiger partial charge in [-0.3, -0.25) is 4.79 Å². The fraction of sp³-hybridized carbons (Fsp3) is 0.797. The molecule has 3 aliphatic heterocycles. The lowest BCUT2D eigenvalue weighted by Crippen LogP contribution is -2.66. The van der Waals surface area contributed by atoms with Crippen molar-refractivity contribution in [2.24, 2.45) is 0 Å². The molecule has 0 radical (unpaired) electrons. The van der Waals surface area contributed by atoms with Gasteiger partial charge in [0.25, 0.3) is 0 Å². The maximum atomic E-state index is 13.4. The van der Waals surface area contributed by atoms with Crippen LogP contribution in [0.5, 0.6) is 0 Å². The van der Waals surface area contributed by atoms with Gasteiger partial charge in [-0.25, -0.2) is 0 Å². The Morgan fingerprint density at radius 1 is 0.446 bits per heavy atom. The standard InChI is InChI=1S/C64H111NO18/c1-3-5-7-9-11-13-15-17-19-20-21-22-23-24-25-26-28-30-32-34-36-38-40-42-52(70)65-47(48(69)41-39-37-35-33-31-29-27-18-16-14-12-10-8-6-4-2)46-78-62-58(76)55(73)60(50(44-67)80-62)83-64-59(77)56(74)61(51(45-68)81-64)82-63-57(75)54(72)53(71)49(43-66)79-63/h5,7,11,13,17,19,21-22,24-25,39,41,47-51,53-64,66-69,71-77H,3-4,6,8-10,12,14-16,18,20,23,26-38,40,42-46H2,1-2H3,(H,65,70)/b7-5-,13-11-,19-17-,22-21-,25-24-,41-39+. The number of hydrogen-bond acceptors (Lipinski definition) is 18. The van der Waals surface area contributed by atoms with Gasteiger partial charge in [0.1, 0.15) is 73.2 Å². The van der Waals surface area contributed by atoms with Crippen LogP contribution in [0, 0.1) is 0 Å². The minimum absolute atomic E-state index is 0.227. The van der Waals surface area contributed by atoms with Crippen LogP contribution >= 0.6 is 0 Å². The molecule has 0 bridgehead atoms. The summed E-state index contributed by atoms with van der Waals surface area (Å²) in [7, 11) is 0. The quantitative estimate of drug-likeness (QED) is 0.0226. The summed E-state index contributed by atoms with van der Waals surface area (Å²) in [5, 5.41) is 120. The third-order valence-electron chi connectivity index (χ3n) is 15.5. The summed E-state index contributed by atoms with van der Waals surface area (Å²) in [5.41, 5.74) is 0. The van der Waals surface area contributed by atoms with E-state index in [1.807, 2.05) is 6.08 Å². The van der Waals surface area contributed by atoms with Gasteiger partial charge in [0.15, 0.2) is 18.9 Å². The van der Waals surface area contributed by atoms with Gasteiger partial charge < -0.3 is 89.9 Å². The van der Waals surface area contributed by atoms with Crippen molar-refractivity contribution < 1.29 is 89.4 Å². The number of aliphatic hydroxyl groups excluding tert-OH is 11. The molecule has 19 nitrogen and oxygen atoms in total. The van der Waals surface area contributed by atoms with E-state index in [1.54, 1.807) is 6.08 Å². The number of amides is 1. The van der Waals surface area contributed by atoms with Crippen LogP contribution in [0.1, 0.15) is 194 Å². The van der Waals surface area contributed by atoms with Gasteiger partial charge in [0, 0.05) is 6.42 Å². The van der Waals surface area contributed by atoms with Gasteiger partial charge in [-0.1, -0.05) is 196 Å². The Labute approximate surface area is 496 Å². The van der Waals surface area contributed by atoms with E-state index in [0.717, 1.165) is 103 Å². The third kappa shape index (κ3) is 29.7. The van der Waals surface area contributed by atoms with E-state index in [1.165, 1.54) is 64.2 Å². The van der Waals surface area contributed by atoms with E-state index < -0.39 is 124 Å². The molecule has 83 heavy (non-hydrogen) atoms. The largest absolute Gasteiger partial charge is 0.394 e. The molecule has 0 aromatic heterocycles. The molecule has 12 N–H and O–H groups in total. The minimum atomic E-state index is -1.98. The lowest BCUT2D eigenvalue weighted by Gasteiger charge is -2.48. The third-order valence-corrected chi connectivity index (χ3v) is 15.5. The number of rotatable bonds is 46. The van der Waals surface area contributed by atoms with Crippen LogP contribution in [0.25, 0.3) is 0 Å². The van der Waals surface area contributed by atoms with Crippen molar-refractivity contribution in [3.63, 3.8) is 0 Å². The van der Waals surface area contributed by atoms with Crippen LogP contribution in [0.4, 0.5) is 0 Å². The number of carbonyl (C=O) groups is 1. The first-order valence-electron chi connectivity index (χ1n) is 31.7. The first-order valence-corrected chi connectivity index (χ1v) is 31.7. The molecule has 0 saturated carbocycles. The second-order valence-corrected chi connectivity index (χ2v) is 22.5. The maximum absolute atomic E-state index is 13.4. The highest BCUT2D eigenvalue weighted by Crippen LogP contribution is 2.33. The predicted molar refractivity (Wildman–Crippen MR) is 318 cm³/mol. The monoisotopic (exact) mass is 1180 g/mol. The number of ether oxygens (including phenoxy) is 6. The van der Waals surface area contributed by atoms with E-state index in [0.29, 0.717) is 6.42 Å². The first-order chi connectivity index (χ1) is 40.3. The SMILES string of the molecule is CC/C=C\C/C=C\C/C=C\C/C=C\C/C=C\CCCCCCCCCC(=O)NC(COC1OC(CO)C(OC2OC(CO)C(OC3OC(CO)C(O)C(O)C3O)C(O)C2O)C(O)C1O)C(O)/C=C/CCCCCCCCCCCCCCC. The number of allylic oxidation sites excluding steroid dienone is 11. The van der Waals surface area contributed by atoms with E-state index in [2.05, 4.69) is 79.9 Å². The summed E-state index contributed by atoms with van der Waals surface area (Å²) in [4.78, 5) is 13.4. The fourth-order valence-electron chi connectivity index (χ4n) is 10.3. The van der Waals surface area contributed by atoms with E-state index >= 15 is 0 Å². The first kappa shape index (κ1) is 74.5. The number of nitrogens with one attached hydrogen (secondary N) is 1. The topological polar surface area (TPSA) is 307 Å². The molecule has 0 aliphatic carbocycles. The molecule has 0 aromatic carbocycles. The van der Waals surface area contributed by atoms with Crippen LogP contribution in [0.2, 0.25) is 0 Å². The Morgan fingerprint density at radius 3 is 1.30 bits per heavy atom. The molecule has 0 spiro atoms. The Hall–Kier alpha value is -2.77. The lowest BCUT2D eigenvalue weighted by atomic mass is 9.96. The average Bonchev–Trinajstić information content (AvgIpc) is 3.18. The van der Waals surface area contributed by atoms with Crippen molar-refractivity contribution in [2.45, 2.75) is 298 Å². The molecule has 19 heteroatoms. The predicted octanol–water partition coefficient (Wildman–Crippen LogP) is 6.60. The molecule has 3 heterocycles. The molecular weight excluding hydrogens is 1070 g/mol. The van der Waals surface area contributed by atoms with Crippen LogP contribution < -0.4 is 5.32 Å². The summed E-state index contributed by atoms with van der Waals surface area (Å²) in [6.45, 7) is 1.59. The molecule has 3 aliphatic rings. The normalized spacial score (nSPS) is 29.9. The summed E-state index contributed by atoms with van der Waals surface area (Å²) in [6.07, 6.45) is 28.7. The second kappa shape index (κ2) is 46.4. The van der Waals surface area contributed by atoms with Crippen molar-refractivity contribution in [3.05, 3.63) is 72.9 Å². The zero-order valence-corrected chi connectivity index (χ0v) is 50.1. The van der Waals surface area contributed by atoms with Gasteiger partial charge in [0.2, 0.25) is 5.91 Å². The molecule has 3 rings (SSSR count). The van der Waals surface area contributed by atoms with E-state index in [9.17, 15) is 61.0 Å². The average molecular weight is 1180 g/mol. The fourth-order valence-corrected chi connectivity index (χ4v) is 10.3. The van der Waals surface area contributed by atoms with Crippen molar-refractivity contribution >= 4 is 5.91 Å². The highest BCUT2D eigenvalue weighted by Gasteiger charge is 2.53. The Kier molecular flexibility index (Phi) is 41.6. The summed E-state index contributed by atoms with van der Waals surface area (Å²) in [5.74, 6) is -0.290. The Bertz CT molecular complexity index is 1790. The van der Waals surface area contributed by atoms with Crippen molar-refractivity contribution in [3.8, 4) is 0 Å². The Morgan fingerprint density at radius 2 is 0.831 bits per heavy atom. The molecule has 17 atom stereocenters. The van der Waals surface area contributed by atoms with E-state index in [4.69, 9.17) is 28.4 Å². The minimum Gasteiger partial charge on any atom is -0.394 e. The van der Waals surface area contributed by atoms with Gasteiger partial charge in [-0.2, -0.15) is 0 Å². The zero-order chi connectivity index (χ0) is 60.5. The molecule has 1 amide bonds.